The molecule has 0 amide bonds. The summed E-state index contributed by atoms with van der Waals surface area (Å²) in [6.45, 7) is 5.72. The predicted octanol–water partition coefficient (Wildman–Crippen LogP) is 3.56. The molecule has 0 spiro atoms. The van der Waals surface area contributed by atoms with Gasteiger partial charge in [0.2, 0.25) is 0 Å². The van der Waals surface area contributed by atoms with Crippen LogP contribution in [0.3, 0.4) is 0 Å². The Morgan fingerprint density at radius 1 is 1.10 bits per heavy atom. The number of fused-ring (bicyclic) bond motifs is 1. The number of rotatable bonds is 2. The third-order valence-electron chi connectivity index (χ3n) is 4.69. The van der Waals surface area contributed by atoms with E-state index in [4.69, 9.17) is 9.47 Å². The van der Waals surface area contributed by atoms with Crippen molar-refractivity contribution >= 4 is 0 Å². The Bertz CT molecular complexity index is 471. The normalized spacial score (nSPS) is 30.9. The van der Waals surface area contributed by atoms with Crippen molar-refractivity contribution in [1.29, 1.82) is 0 Å². The van der Waals surface area contributed by atoms with Crippen LogP contribution in [0.2, 0.25) is 0 Å². The van der Waals surface area contributed by atoms with E-state index in [1.807, 2.05) is 18.2 Å². The molecule has 1 N–H and O–H groups in total. The van der Waals surface area contributed by atoms with Crippen molar-refractivity contribution in [1.82, 2.24) is 0 Å². The van der Waals surface area contributed by atoms with Crippen molar-refractivity contribution in [3.05, 3.63) is 23.8 Å². The van der Waals surface area contributed by atoms with E-state index < -0.39 is 0 Å². The van der Waals surface area contributed by atoms with Crippen molar-refractivity contribution in [2.45, 2.75) is 39.2 Å². The zero-order valence-electron chi connectivity index (χ0n) is 12.3. The van der Waals surface area contributed by atoms with Crippen molar-refractivity contribution in [3.8, 4) is 11.5 Å². The second-order valence-corrected chi connectivity index (χ2v) is 6.45. The zero-order chi connectivity index (χ0) is 14.1. The fourth-order valence-electron chi connectivity index (χ4n) is 3.34. The van der Waals surface area contributed by atoms with Crippen LogP contribution in [-0.2, 0) is 0 Å². The molecule has 1 aliphatic carbocycles. The highest BCUT2D eigenvalue weighted by atomic mass is 16.5. The maximum absolute atomic E-state index is 10.6. The van der Waals surface area contributed by atoms with Crippen LogP contribution in [0.15, 0.2) is 18.2 Å². The molecule has 0 aromatic heterocycles. The smallest absolute Gasteiger partial charge is 0.161 e. The summed E-state index contributed by atoms with van der Waals surface area (Å²) in [5.74, 6) is 2.94. The molecule has 110 valence electrons. The number of aliphatic hydroxyl groups excluding tert-OH is 1. The van der Waals surface area contributed by atoms with Gasteiger partial charge in [0.25, 0.3) is 0 Å². The highest BCUT2D eigenvalue weighted by Crippen LogP contribution is 2.42. The molecular formula is C17H24O3. The van der Waals surface area contributed by atoms with Gasteiger partial charge in [0.05, 0.1) is 19.3 Å². The highest BCUT2D eigenvalue weighted by Gasteiger charge is 2.31. The Morgan fingerprint density at radius 2 is 1.85 bits per heavy atom. The van der Waals surface area contributed by atoms with Crippen molar-refractivity contribution in [2.24, 2.45) is 17.8 Å². The minimum Gasteiger partial charge on any atom is -0.489 e. The molecule has 0 radical (unpaired) electrons. The Balaban J connectivity index is 1.81. The van der Waals surface area contributed by atoms with Gasteiger partial charge < -0.3 is 14.6 Å². The molecule has 0 bridgehead atoms. The standard InChI is InChI=1S/C17H24O3/c1-11-9-19-15-7-6-13(8-16(15)20-10-11)17(18)14-5-3-4-12(14)2/h6-8,11-12,14,17-18H,3-5,9-10H2,1-2H3. The Hall–Kier alpha value is -1.22. The summed E-state index contributed by atoms with van der Waals surface area (Å²) in [7, 11) is 0. The maximum atomic E-state index is 10.6. The Kier molecular flexibility index (Phi) is 3.88. The van der Waals surface area contributed by atoms with Crippen LogP contribution in [0.5, 0.6) is 11.5 Å². The topological polar surface area (TPSA) is 38.7 Å². The summed E-state index contributed by atoms with van der Waals surface area (Å²) in [5.41, 5.74) is 0.959. The van der Waals surface area contributed by atoms with Crippen molar-refractivity contribution in [3.63, 3.8) is 0 Å². The average molecular weight is 276 g/mol. The van der Waals surface area contributed by atoms with Gasteiger partial charge in [-0.25, -0.2) is 0 Å². The van der Waals surface area contributed by atoms with E-state index in [2.05, 4.69) is 13.8 Å². The molecule has 3 nitrogen and oxygen atoms in total. The van der Waals surface area contributed by atoms with Gasteiger partial charge in [-0.3, -0.25) is 0 Å². The molecule has 2 aliphatic rings. The molecular weight excluding hydrogens is 252 g/mol. The molecule has 0 saturated heterocycles. The number of hydrogen-bond donors (Lipinski definition) is 1. The van der Waals surface area contributed by atoms with Gasteiger partial charge in [0.15, 0.2) is 11.5 Å². The van der Waals surface area contributed by atoms with Crippen LogP contribution in [0.25, 0.3) is 0 Å². The molecule has 1 saturated carbocycles. The Morgan fingerprint density at radius 3 is 2.55 bits per heavy atom. The van der Waals surface area contributed by atoms with E-state index in [0.717, 1.165) is 23.5 Å². The molecule has 1 aromatic carbocycles. The van der Waals surface area contributed by atoms with Crippen LogP contribution < -0.4 is 9.47 Å². The Labute approximate surface area is 120 Å². The molecule has 20 heavy (non-hydrogen) atoms. The fraction of sp³-hybridized carbons (Fsp3) is 0.647. The van der Waals surface area contributed by atoms with Crippen LogP contribution in [0.1, 0.15) is 44.8 Å². The molecule has 3 rings (SSSR count). The summed E-state index contributed by atoms with van der Waals surface area (Å²) in [6.07, 6.45) is 3.19. The molecule has 3 heteroatoms. The predicted molar refractivity (Wildman–Crippen MR) is 78.1 cm³/mol. The van der Waals surface area contributed by atoms with Gasteiger partial charge in [0, 0.05) is 5.92 Å². The second-order valence-electron chi connectivity index (χ2n) is 6.45. The zero-order valence-corrected chi connectivity index (χ0v) is 12.3. The quantitative estimate of drug-likeness (QED) is 0.897. The first-order chi connectivity index (χ1) is 9.65. The van der Waals surface area contributed by atoms with Gasteiger partial charge >= 0.3 is 0 Å². The number of hydrogen-bond acceptors (Lipinski definition) is 3. The third-order valence-corrected chi connectivity index (χ3v) is 4.69. The van der Waals surface area contributed by atoms with Crippen LogP contribution in [0.4, 0.5) is 0 Å². The van der Waals surface area contributed by atoms with Gasteiger partial charge in [0.1, 0.15) is 0 Å². The van der Waals surface area contributed by atoms with Crippen LogP contribution >= 0.6 is 0 Å². The summed E-state index contributed by atoms with van der Waals surface area (Å²) in [6, 6.07) is 5.88. The molecule has 1 aliphatic heterocycles. The second kappa shape index (κ2) is 5.65. The van der Waals surface area contributed by atoms with Gasteiger partial charge in [-0.2, -0.15) is 0 Å². The lowest BCUT2D eigenvalue weighted by Gasteiger charge is -2.23. The van der Waals surface area contributed by atoms with Gasteiger partial charge in [-0.15, -0.1) is 0 Å². The van der Waals surface area contributed by atoms with Crippen LogP contribution in [-0.4, -0.2) is 18.3 Å². The van der Waals surface area contributed by atoms with Crippen molar-refractivity contribution in [2.75, 3.05) is 13.2 Å². The highest BCUT2D eigenvalue weighted by molar-refractivity contribution is 5.44. The number of aliphatic hydroxyl groups is 1. The largest absolute Gasteiger partial charge is 0.489 e. The first-order valence-electron chi connectivity index (χ1n) is 7.72. The van der Waals surface area contributed by atoms with E-state index in [1.165, 1.54) is 12.8 Å². The lowest BCUT2D eigenvalue weighted by molar-refractivity contribution is 0.0897. The SMILES string of the molecule is CC1COc2ccc(C(O)C3CCCC3C)cc2OC1. The minimum absolute atomic E-state index is 0.374. The fourth-order valence-corrected chi connectivity index (χ4v) is 3.34. The maximum Gasteiger partial charge on any atom is 0.161 e. The average Bonchev–Trinajstić information content (AvgIpc) is 2.79. The molecule has 1 heterocycles. The molecule has 1 fully saturated rings. The van der Waals surface area contributed by atoms with E-state index in [0.29, 0.717) is 31.0 Å². The third kappa shape index (κ3) is 2.64. The van der Waals surface area contributed by atoms with Crippen LogP contribution in [0, 0.1) is 17.8 Å². The molecule has 1 aromatic rings. The number of ether oxygens (including phenoxy) is 2. The molecule has 4 atom stereocenters. The first kappa shape index (κ1) is 13.7. The summed E-state index contributed by atoms with van der Waals surface area (Å²) in [4.78, 5) is 0. The lowest BCUT2D eigenvalue weighted by Crippen LogP contribution is -2.15. The number of benzene rings is 1. The van der Waals surface area contributed by atoms with Gasteiger partial charge in [-0.05, 0) is 36.0 Å². The first-order valence-corrected chi connectivity index (χ1v) is 7.72. The lowest BCUT2D eigenvalue weighted by atomic mass is 9.88. The van der Waals surface area contributed by atoms with E-state index in [1.54, 1.807) is 0 Å². The van der Waals surface area contributed by atoms with E-state index >= 15 is 0 Å². The van der Waals surface area contributed by atoms with Gasteiger partial charge in [-0.1, -0.05) is 32.8 Å². The monoisotopic (exact) mass is 276 g/mol. The van der Waals surface area contributed by atoms with E-state index in [-0.39, 0.29) is 6.10 Å². The summed E-state index contributed by atoms with van der Waals surface area (Å²) >= 11 is 0. The van der Waals surface area contributed by atoms with Crippen molar-refractivity contribution < 1.29 is 14.6 Å². The minimum atomic E-state index is -0.387. The van der Waals surface area contributed by atoms with E-state index in [9.17, 15) is 5.11 Å². The summed E-state index contributed by atoms with van der Waals surface area (Å²) in [5, 5.41) is 10.6. The summed E-state index contributed by atoms with van der Waals surface area (Å²) < 4.78 is 11.5. The molecule has 4 unspecified atom stereocenters.